The number of hydrogen-bond donors (Lipinski definition) is 5. The van der Waals surface area contributed by atoms with Gasteiger partial charge in [-0.1, -0.05) is 18.9 Å². The van der Waals surface area contributed by atoms with Gasteiger partial charge >= 0.3 is 0 Å². The van der Waals surface area contributed by atoms with Gasteiger partial charge in [-0.25, -0.2) is 19.0 Å². The predicted octanol–water partition coefficient (Wildman–Crippen LogP) is 4.81. The number of pyridine rings is 1. The van der Waals surface area contributed by atoms with Crippen molar-refractivity contribution in [2.45, 2.75) is 115 Å². The number of nitrogens with one attached hydrogen (secondary N) is 5. The number of benzene rings is 1. The number of methoxy groups -OCH3 is 1. The molecule has 398 valence electrons. The number of aryl methyl sites for hydroxylation is 2. The molecule has 5 N–H and O–H groups in total. The summed E-state index contributed by atoms with van der Waals surface area (Å²) in [6.45, 7) is 10.5. The second-order valence-corrected chi connectivity index (χ2v) is 20.1. The fourth-order valence-electron chi connectivity index (χ4n) is 10.4. The minimum Gasteiger partial charge on any atom is -0.369 e. The van der Waals surface area contributed by atoms with E-state index in [1.807, 2.05) is 44.2 Å². The predicted molar refractivity (Wildman–Crippen MR) is 278 cm³/mol. The monoisotopic (exact) mass is 1030 g/mol. The number of piperidine rings is 2. The highest BCUT2D eigenvalue weighted by molar-refractivity contribution is 6.05. The summed E-state index contributed by atoms with van der Waals surface area (Å²) in [6.07, 6.45) is 12.3. The van der Waals surface area contributed by atoms with Crippen LogP contribution in [0.4, 0.5) is 27.7 Å². The van der Waals surface area contributed by atoms with Crippen molar-refractivity contribution in [3.05, 3.63) is 95.0 Å². The number of imide groups is 1. The van der Waals surface area contributed by atoms with E-state index in [2.05, 4.69) is 62.3 Å². The summed E-state index contributed by atoms with van der Waals surface area (Å²) in [6, 6.07) is 12.4. The van der Waals surface area contributed by atoms with Crippen LogP contribution in [0.3, 0.4) is 0 Å². The molecular formula is C53H68FN15O6. The van der Waals surface area contributed by atoms with Crippen LogP contribution in [-0.2, 0) is 36.9 Å². The van der Waals surface area contributed by atoms with Crippen molar-refractivity contribution in [3.8, 4) is 5.82 Å². The molecule has 0 aliphatic carbocycles. The van der Waals surface area contributed by atoms with E-state index in [0.717, 1.165) is 106 Å². The molecule has 21 nitrogen and oxygen atoms in total. The first-order chi connectivity index (χ1) is 36.3. The molecule has 5 amide bonds. The van der Waals surface area contributed by atoms with Gasteiger partial charge in [0.05, 0.1) is 18.4 Å². The molecule has 8 heterocycles. The number of fused-ring (bicyclic) bond motifs is 1. The Balaban J connectivity index is 0.666. The van der Waals surface area contributed by atoms with Crippen molar-refractivity contribution >= 4 is 52.8 Å². The Hall–Kier alpha value is -7.33. The number of unbranched alkanes of at least 4 members (excludes halogenated alkanes) is 4. The number of carbonyl (C=O) groups excluding carboxylic acids is 5. The Morgan fingerprint density at radius 1 is 0.907 bits per heavy atom. The minimum atomic E-state index is -1.05. The summed E-state index contributed by atoms with van der Waals surface area (Å²) < 4.78 is 20.8. The SMILES string of the molecule is COC1(C(=O)N[C@@H](C)c2ccc(-n3cc(F)cn3)nc2)CCN(c2nc(CCCCNC(=O)CCCCCCN3CCN(c4ccc5c(c4)CN([C@@H]4CCC(=O)NC4=O)C5=O)CC3)cc(Nc3cc(C)[nH]n3)n2)CC1. The molecular weight excluding hydrogens is 962 g/mol. The molecule has 4 aromatic heterocycles. The van der Waals surface area contributed by atoms with Gasteiger partial charge in [0, 0.05) is 126 Å². The largest absolute Gasteiger partial charge is 0.369 e. The summed E-state index contributed by atoms with van der Waals surface area (Å²) in [4.78, 5) is 86.5. The Morgan fingerprint density at radius 2 is 1.72 bits per heavy atom. The number of carbonyl (C=O) groups is 5. The van der Waals surface area contributed by atoms with Crippen LogP contribution in [0.5, 0.6) is 0 Å². The molecule has 0 saturated carbocycles. The quantitative estimate of drug-likeness (QED) is 0.0462. The van der Waals surface area contributed by atoms with Gasteiger partial charge in [0.1, 0.15) is 17.5 Å². The summed E-state index contributed by atoms with van der Waals surface area (Å²) in [5.74, 6) is 0.833. The first-order valence-electron chi connectivity index (χ1n) is 26.3. The van der Waals surface area contributed by atoms with Gasteiger partial charge in [-0.2, -0.15) is 15.2 Å². The van der Waals surface area contributed by atoms with Gasteiger partial charge in [-0.05, 0) is 94.3 Å². The summed E-state index contributed by atoms with van der Waals surface area (Å²) in [5.41, 5.74) is 4.14. The van der Waals surface area contributed by atoms with E-state index in [9.17, 15) is 28.4 Å². The van der Waals surface area contributed by atoms with Crippen molar-refractivity contribution in [1.82, 2.24) is 60.7 Å². The topological polar surface area (TPSA) is 241 Å². The number of aromatic nitrogens is 7. The Kier molecular flexibility index (Phi) is 16.7. The highest BCUT2D eigenvalue weighted by Crippen LogP contribution is 2.33. The van der Waals surface area contributed by atoms with Gasteiger partial charge in [-0.3, -0.25) is 39.3 Å². The second-order valence-electron chi connectivity index (χ2n) is 20.1. The lowest BCUT2D eigenvalue weighted by Gasteiger charge is -2.40. The third-order valence-corrected chi connectivity index (χ3v) is 14.8. The van der Waals surface area contributed by atoms with Crippen LogP contribution in [0.25, 0.3) is 5.82 Å². The van der Waals surface area contributed by atoms with Gasteiger partial charge in [-0.15, -0.1) is 0 Å². The molecule has 2 atom stereocenters. The van der Waals surface area contributed by atoms with Crippen molar-refractivity contribution < 1.29 is 33.1 Å². The molecule has 9 rings (SSSR count). The molecule has 0 bridgehead atoms. The fourth-order valence-corrected chi connectivity index (χ4v) is 10.4. The van der Waals surface area contributed by atoms with Crippen LogP contribution in [0.2, 0.25) is 0 Å². The zero-order valence-corrected chi connectivity index (χ0v) is 43.1. The van der Waals surface area contributed by atoms with E-state index in [0.29, 0.717) is 87.2 Å². The highest BCUT2D eigenvalue weighted by Gasteiger charge is 2.43. The highest BCUT2D eigenvalue weighted by atomic mass is 19.1. The molecule has 0 unspecified atom stereocenters. The van der Waals surface area contributed by atoms with Gasteiger partial charge in [0.25, 0.3) is 11.8 Å². The van der Waals surface area contributed by atoms with E-state index in [4.69, 9.17) is 14.7 Å². The minimum absolute atomic E-state index is 0.0760. The number of nitrogens with zero attached hydrogens (tertiary/aromatic N) is 10. The Bertz CT molecular complexity index is 2820. The number of hydrogen-bond acceptors (Lipinski definition) is 15. The molecule has 4 aliphatic heterocycles. The first-order valence-corrected chi connectivity index (χ1v) is 26.3. The lowest BCUT2D eigenvalue weighted by molar-refractivity contribution is -0.147. The maximum absolute atomic E-state index is 13.8. The fraction of sp³-hybridized carbons (Fsp3) is 0.509. The lowest BCUT2D eigenvalue weighted by Crippen LogP contribution is -2.55. The molecule has 0 spiro atoms. The number of halogens is 1. The molecule has 1 aromatic carbocycles. The first kappa shape index (κ1) is 52.5. The normalized spacial score (nSPS) is 18.2. The maximum atomic E-state index is 13.8. The molecule has 3 saturated heterocycles. The summed E-state index contributed by atoms with van der Waals surface area (Å²) in [5, 5.41) is 23.1. The third kappa shape index (κ3) is 13.0. The number of H-pyrrole nitrogens is 1. The second kappa shape index (κ2) is 23.9. The zero-order chi connectivity index (χ0) is 52.5. The Labute approximate surface area is 435 Å². The average molecular weight is 1030 g/mol. The van der Waals surface area contributed by atoms with Crippen LogP contribution in [0, 0.1) is 12.7 Å². The zero-order valence-electron chi connectivity index (χ0n) is 43.1. The van der Waals surface area contributed by atoms with Crippen molar-refractivity contribution in [3.63, 3.8) is 0 Å². The van der Waals surface area contributed by atoms with Gasteiger partial charge in [0.2, 0.25) is 23.7 Å². The molecule has 22 heteroatoms. The van der Waals surface area contributed by atoms with Crippen molar-refractivity contribution in [2.75, 3.05) is 74.6 Å². The molecule has 0 radical (unpaired) electrons. The van der Waals surface area contributed by atoms with Crippen LogP contribution in [0.15, 0.2) is 61.1 Å². The number of amides is 5. The van der Waals surface area contributed by atoms with E-state index < -0.39 is 23.4 Å². The van der Waals surface area contributed by atoms with E-state index in [1.165, 1.54) is 10.9 Å². The van der Waals surface area contributed by atoms with E-state index in [-0.39, 0.29) is 36.1 Å². The Morgan fingerprint density at radius 3 is 2.44 bits per heavy atom. The van der Waals surface area contributed by atoms with Crippen LogP contribution in [-0.4, -0.2) is 145 Å². The van der Waals surface area contributed by atoms with Crippen molar-refractivity contribution in [1.29, 1.82) is 0 Å². The van der Waals surface area contributed by atoms with E-state index >= 15 is 0 Å². The van der Waals surface area contributed by atoms with Gasteiger partial charge < -0.3 is 35.4 Å². The number of rotatable bonds is 22. The molecule has 4 aliphatic rings. The number of aromatic amines is 1. The standard InChI is InChI=1S/C53H68FN15O6/c1-35-28-45(64-63-35)60-44-30-40(59-52(61-44)67-22-18-53(75-3,19-23-67)51(74)58-36(2)37-12-16-46(56-31-37)69-34-39(54)32-57-69)10-7-8-20-55-47(70)11-6-4-5-9-21-65-24-26-66(27-25-65)41-13-14-42-38(29-41)33-68(50(42)73)43-15-17-48(71)62-49(43)72/h12-14,16,28-32,34,36,43H,4-11,15,17-27,33H2,1-3H3,(H,55,70)(H,58,74)(H,62,71,72)(H2,59,60,61,63,64)/t36-,43+/m0/s1. The molecule has 3 fully saturated rings. The third-order valence-electron chi connectivity index (χ3n) is 14.8. The number of ether oxygens (including phenoxy) is 1. The lowest BCUT2D eigenvalue weighted by atomic mass is 9.89. The summed E-state index contributed by atoms with van der Waals surface area (Å²) in [7, 11) is 1.56. The van der Waals surface area contributed by atoms with Crippen molar-refractivity contribution in [2.24, 2.45) is 0 Å². The summed E-state index contributed by atoms with van der Waals surface area (Å²) >= 11 is 0. The maximum Gasteiger partial charge on any atom is 0.255 e. The van der Waals surface area contributed by atoms with E-state index in [1.54, 1.807) is 24.3 Å². The van der Waals surface area contributed by atoms with Crippen LogP contribution in [0.1, 0.15) is 116 Å². The number of anilines is 4. The molecule has 5 aromatic rings. The van der Waals surface area contributed by atoms with Crippen LogP contribution < -0.4 is 31.1 Å². The average Bonchev–Trinajstić information content (AvgIpc) is 4.14. The van der Waals surface area contributed by atoms with Gasteiger partial charge in [0.15, 0.2) is 17.5 Å². The molecule has 75 heavy (non-hydrogen) atoms. The smallest absolute Gasteiger partial charge is 0.255 e. The number of piperazine rings is 1. The van der Waals surface area contributed by atoms with Crippen LogP contribution >= 0.6 is 0 Å².